The summed E-state index contributed by atoms with van der Waals surface area (Å²) in [5, 5.41) is 9.64. The summed E-state index contributed by atoms with van der Waals surface area (Å²) in [6.45, 7) is 1.86. The zero-order valence-electron chi connectivity index (χ0n) is 9.85. The van der Waals surface area contributed by atoms with Crippen LogP contribution in [-0.4, -0.2) is 15.9 Å². The fourth-order valence-corrected chi connectivity index (χ4v) is 1.73. The first-order chi connectivity index (χ1) is 8.58. The maximum atomic E-state index is 13.4. The molecule has 0 amide bonds. The maximum absolute atomic E-state index is 13.4. The van der Waals surface area contributed by atoms with Crippen LogP contribution in [0.5, 0.6) is 5.75 Å². The van der Waals surface area contributed by atoms with Gasteiger partial charge in [0.1, 0.15) is 5.75 Å². The van der Waals surface area contributed by atoms with Gasteiger partial charge < -0.3 is 5.11 Å². The van der Waals surface area contributed by atoms with E-state index < -0.39 is 5.82 Å². The summed E-state index contributed by atoms with van der Waals surface area (Å²) in [6.07, 6.45) is 2.34. The average molecular weight is 245 g/mol. The number of aryl methyl sites for hydroxylation is 1. The molecule has 0 atom stereocenters. The van der Waals surface area contributed by atoms with Crippen molar-refractivity contribution in [3.8, 4) is 5.75 Å². The van der Waals surface area contributed by atoms with E-state index >= 15 is 0 Å². The Bertz CT molecular complexity index is 596. The predicted octanol–water partition coefficient (Wildman–Crippen LogP) is 2.66. The lowest BCUT2D eigenvalue weighted by Gasteiger charge is -2.06. The van der Waals surface area contributed by atoms with Gasteiger partial charge in [0, 0.05) is 18.2 Å². The summed E-state index contributed by atoms with van der Waals surface area (Å²) >= 11 is 0. The molecule has 0 radical (unpaired) electrons. The minimum atomic E-state index is -0.644. The summed E-state index contributed by atoms with van der Waals surface area (Å²) < 4.78 is 13.4. The molecule has 2 rings (SSSR count). The molecule has 4 heteroatoms. The van der Waals surface area contributed by atoms with Crippen LogP contribution >= 0.6 is 0 Å². The number of rotatable bonds is 3. The minimum absolute atomic E-state index is 0.00842. The molecule has 0 aliphatic heterocycles. The Kier molecular flexibility index (Phi) is 3.37. The van der Waals surface area contributed by atoms with Crippen molar-refractivity contribution < 1.29 is 14.3 Å². The number of carbonyl (C=O) groups is 1. The van der Waals surface area contributed by atoms with E-state index in [9.17, 15) is 14.3 Å². The highest BCUT2D eigenvalue weighted by molar-refractivity contribution is 5.97. The van der Waals surface area contributed by atoms with Crippen LogP contribution in [0.25, 0.3) is 0 Å². The maximum Gasteiger partial charge on any atom is 0.170 e. The van der Waals surface area contributed by atoms with Gasteiger partial charge in [-0.05, 0) is 19.1 Å². The van der Waals surface area contributed by atoms with Gasteiger partial charge in [-0.15, -0.1) is 0 Å². The van der Waals surface area contributed by atoms with Crippen molar-refractivity contribution in [2.24, 2.45) is 0 Å². The molecule has 92 valence electrons. The van der Waals surface area contributed by atoms with Crippen molar-refractivity contribution in [3.05, 3.63) is 59.2 Å². The molecule has 0 fully saturated rings. The number of phenols is 1. The van der Waals surface area contributed by atoms with Crippen LogP contribution in [0.15, 0.2) is 36.7 Å². The summed E-state index contributed by atoms with van der Waals surface area (Å²) in [7, 11) is 0. The molecule has 0 spiro atoms. The zero-order chi connectivity index (χ0) is 13.1. The highest BCUT2D eigenvalue weighted by Gasteiger charge is 2.14. The van der Waals surface area contributed by atoms with E-state index in [2.05, 4.69) is 4.98 Å². The van der Waals surface area contributed by atoms with Crippen molar-refractivity contribution in [1.29, 1.82) is 0 Å². The highest BCUT2D eigenvalue weighted by Crippen LogP contribution is 2.20. The first-order valence-electron chi connectivity index (χ1n) is 5.49. The summed E-state index contributed by atoms with van der Waals surface area (Å²) in [6, 6.07) is 6.33. The summed E-state index contributed by atoms with van der Waals surface area (Å²) in [5.41, 5.74) is 1.42. The fraction of sp³-hybridized carbons (Fsp3) is 0.143. The normalized spacial score (nSPS) is 10.3. The molecule has 1 aromatic carbocycles. The van der Waals surface area contributed by atoms with Crippen LogP contribution in [0.2, 0.25) is 0 Å². The first kappa shape index (κ1) is 12.2. The van der Waals surface area contributed by atoms with E-state index in [1.54, 1.807) is 12.1 Å². The number of nitrogens with zero attached hydrogens (tertiary/aromatic N) is 1. The number of carbonyl (C=O) groups excluding carboxylic acids is 1. The third-order valence-electron chi connectivity index (χ3n) is 2.66. The molecule has 18 heavy (non-hydrogen) atoms. The molecule has 1 heterocycles. The SMILES string of the molecule is Cc1ccc(O)c(CC(=O)c2ccncc2F)c1. The molecule has 3 nitrogen and oxygen atoms in total. The lowest BCUT2D eigenvalue weighted by molar-refractivity contribution is 0.0988. The molecule has 0 bridgehead atoms. The van der Waals surface area contributed by atoms with Crippen LogP contribution in [0.3, 0.4) is 0 Å². The molecule has 0 aliphatic rings. The predicted molar refractivity (Wildman–Crippen MR) is 65.1 cm³/mol. The Hall–Kier alpha value is -2.23. The Balaban J connectivity index is 2.27. The quantitative estimate of drug-likeness (QED) is 0.846. The highest BCUT2D eigenvalue weighted by atomic mass is 19.1. The van der Waals surface area contributed by atoms with Gasteiger partial charge >= 0.3 is 0 Å². The number of pyridine rings is 1. The van der Waals surface area contributed by atoms with Gasteiger partial charge in [-0.25, -0.2) is 4.39 Å². The van der Waals surface area contributed by atoms with Crippen molar-refractivity contribution in [3.63, 3.8) is 0 Å². The first-order valence-corrected chi connectivity index (χ1v) is 5.49. The number of Topliss-reactive ketones (excluding diaryl/α,β-unsaturated/α-hetero) is 1. The lowest BCUT2D eigenvalue weighted by Crippen LogP contribution is -2.06. The monoisotopic (exact) mass is 245 g/mol. The molecule has 0 saturated carbocycles. The lowest BCUT2D eigenvalue weighted by atomic mass is 10.0. The molecular weight excluding hydrogens is 233 g/mol. The van der Waals surface area contributed by atoms with Gasteiger partial charge in [-0.1, -0.05) is 17.7 Å². The van der Waals surface area contributed by atoms with Gasteiger partial charge in [0.25, 0.3) is 0 Å². The molecule has 0 aliphatic carbocycles. The Morgan fingerprint density at radius 2 is 2.17 bits per heavy atom. The van der Waals surface area contributed by atoms with E-state index in [0.29, 0.717) is 5.56 Å². The second-order valence-corrected chi connectivity index (χ2v) is 4.09. The Morgan fingerprint density at radius 1 is 1.39 bits per heavy atom. The van der Waals surface area contributed by atoms with Crippen molar-refractivity contribution in [2.75, 3.05) is 0 Å². The smallest absolute Gasteiger partial charge is 0.170 e. The number of hydrogen-bond acceptors (Lipinski definition) is 3. The number of halogens is 1. The van der Waals surface area contributed by atoms with Crippen LogP contribution in [-0.2, 0) is 6.42 Å². The molecule has 1 aromatic heterocycles. The molecule has 0 saturated heterocycles. The topological polar surface area (TPSA) is 50.2 Å². The van der Waals surface area contributed by atoms with Gasteiger partial charge in [0.15, 0.2) is 11.6 Å². The van der Waals surface area contributed by atoms with Gasteiger partial charge in [-0.2, -0.15) is 0 Å². The number of aromatic nitrogens is 1. The number of phenolic OH excluding ortho intramolecular Hbond substituents is 1. The minimum Gasteiger partial charge on any atom is -0.508 e. The van der Waals surface area contributed by atoms with Crippen molar-refractivity contribution in [2.45, 2.75) is 13.3 Å². The van der Waals surface area contributed by atoms with E-state index in [1.807, 2.05) is 6.92 Å². The second-order valence-electron chi connectivity index (χ2n) is 4.09. The summed E-state index contributed by atoms with van der Waals surface area (Å²) in [4.78, 5) is 15.5. The molecule has 2 aromatic rings. The summed E-state index contributed by atoms with van der Waals surface area (Å²) in [5.74, 6) is -0.978. The van der Waals surface area contributed by atoms with Crippen LogP contribution in [0.4, 0.5) is 4.39 Å². The van der Waals surface area contributed by atoms with Gasteiger partial charge in [-0.3, -0.25) is 9.78 Å². The Morgan fingerprint density at radius 3 is 2.89 bits per heavy atom. The fourth-order valence-electron chi connectivity index (χ4n) is 1.73. The number of benzene rings is 1. The largest absolute Gasteiger partial charge is 0.508 e. The number of aromatic hydroxyl groups is 1. The van der Waals surface area contributed by atoms with Crippen LogP contribution in [0, 0.1) is 12.7 Å². The van der Waals surface area contributed by atoms with E-state index in [0.717, 1.165) is 11.8 Å². The number of hydrogen-bond donors (Lipinski definition) is 1. The van der Waals surface area contributed by atoms with Crippen LogP contribution in [0.1, 0.15) is 21.5 Å². The third-order valence-corrected chi connectivity index (χ3v) is 2.66. The Labute approximate surface area is 104 Å². The van der Waals surface area contributed by atoms with Gasteiger partial charge in [0.2, 0.25) is 0 Å². The molecular formula is C14H12FNO2. The second kappa shape index (κ2) is 4.96. The average Bonchev–Trinajstić information content (AvgIpc) is 2.34. The van der Waals surface area contributed by atoms with E-state index in [1.165, 1.54) is 18.3 Å². The zero-order valence-corrected chi connectivity index (χ0v) is 9.85. The van der Waals surface area contributed by atoms with Gasteiger partial charge in [0.05, 0.1) is 11.8 Å². The van der Waals surface area contributed by atoms with Crippen molar-refractivity contribution in [1.82, 2.24) is 4.98 Å². The third kappa shape index (κ3) is 2.53. The number of ketones is 1. The van der Waals surface area contributed by atoms with E-state index in [-0.39, 0.29) is 23.5 Å². The standard InChI is InChI=1S/C14H12FNO2/c1-9-2-3-13(17)10(6-9)7-14(18)11-4-5-16-8-12(11)15/h2-6,8,17H,7H2,1H3. The van der Waals surface area contributed by atoms with E-state index in [4.69, 9.17) is 0 Å². The molecule has 1 N–H and O–H groups in total. The van der Waals surface area contributed by atoms with Crippen LogP contribution < -0.4 is 0 Å². The molecule has 0 unspecified atom stereocenters. The van der Waals surface area contributed by atoms with Crippen molar-refractivity contribution >= 4 is 5.78 Å².